The van der Waals surface area contributed by atoms with E-state index in [4.69, 9.17) is 0 Å². The van der Waals surface area contributed by atoms with Crippen molar-refractivity contribution in [3.05, 3.63) is 0 Å². The fraction of sp³-hybridized carbons (Fsp3) is 0.818. The van der Waals surface area contributed by atoms with Gasteiger partial charge in [-0.2, -0.15) is 0 Å². The minimum absolute atomic E-state index is 0.0456. The number of nitrogens with zero attached hydrogens (tertiary/aromatic N) is 1. The molecule has 1 heterocycles. The van der Waals surface area contributed by atoms with E-state index in [-0.39, 0.29) is 30.5 Å². The molecule has 5 nitrogen and oxygen atoms in total. The van der Waals surface area contributed by atoms with Crippen molar-refractivity contribution < 1.29 is 14.7 Å². The van der Waals surface area contributed by atoms with Crippen molar-refractivity contribution in [3.63, 3.8) is 0 Å². The fourth-order valence-electron chi connectivity index (χ4n) is 2.21. The van der Waals surface area contributed by atoms with Gasteiger partial charge >= 0.3 is 0 Å². The largest absolute Gasteiger partial charge is 0.393 e. The molecule has 0 aromatic carbocycles. The van der Waals surface area contributed by atoms with Crippen LogP contribution < -0.4 is 5.32 Å². The molecule has 17 heavy (non-hydrogen) atoms. The van der Waals surface area contributed by atoms with Crippen LogP contribution in [0.25, 0.3) is 0 Å². The second-order valence-electron chi connectivity index (χ2n) is 4.64. The lowest BCUT2D eigenvalue weighted by molar-refractivity contribution is -0.132. The topological polar surface area (TPSA) is 69.6 Å². The van der Waals surface area contributed by atoms with Crippen LogP contribution in [0, 0.1) is 0 Å². The number of aliphatic hydroxyl groups excluding tert-OH is 1. The van der Waals surface area contributed by atoms with Gasteiger partial charge < -0.3 is 15.3 Å². The van der Waals surface area contributed by atoms with Crippen molar-refractivity contribution in [2.24, 2.45) is 0 Å². The third-order valence-electron chi connectivity index (χ3n) is 3.22. The number of hydrogen-bond acceptors (Lipinski definition) is 4. The van der Waals surface area contributed by atoms with Crippen LogP contribution in [-0.4, -0.2) is 52.1 Å². The molecule has 0 atom stereocenters. The van der Waals surface area contributed by atoms with Crippen molar-refractivity contribution in [1.29, 1.82) is 0 Å². The zero-order valence-corrected chi connectivity index (χ0v) is 10.5. The maximum Gasteiger partial charge on any atom is 0.239 e. The number of carbonyl (C=O) groups is 2. The zero-order chi connectivity index (χ0) is 12.3. The molecule has 2 aliphatic rings. The Bertz CT molecular complexity index is 303. The SMILES string of the molecule is O=C(CN1CSCC1=O)NC1CCC(O)CC1. The van der Waals surface area contributed by atoms with E-state index in [1.54, 1.807) is 16.7 Å². The Labute approximate surface area is 105 Å². The first-order valence-electron chi connectivity index (χ1n) is 5.98. The van der Waals surface area contributed by atoms with Gasteiger partial charge in [-0.1, -0.05) is 0 Å². The minimum Gasteiger partial charge on any atom is -0.393 e. The average molecular weight is 258 g/mol. The lowest BCUT2D eigenvalue weighted by atomic mass is 9.93. The first kappa shape index (κ1) is 12.7. The van der Waals surface area contributed by atoms with Crippen molar-refractivity contribution in [3.8, 4) is 0 Å². The molecule has 0 aromatic heterocycles. The molecule has 1 saturated heterocycles. The fourth-order valence-corrected chi connectivity index (χ4v) is 3.11. The first-order valence-corrected chi connectivity index (χ1v) is 7.13. The lowest BCUT2D eigenvalue weighted by Gasteiger charge is -2.26. The van der Waals surface area contributed by atoms with Gasteiger partial charge in [-0.25, -0.2) is 0 Å². The average Bonchev–Trinajstić information content (AvgIpc) is 2.68. The number of aliphatic hydroxyl groups is 1. The molecule has 0 aromatic rings. The second-order valence-corrected chi connectivity index (χ2v) is 5.60. The molecule has 2 rings (SSSR count). The Balaban J connectivity index is 1.72. The molecule has 1 aliphatic heterocycles. The van der Waals surface area contributed by atoms with Crippen LogP contribution >= 0.6 is 11.8 Å². The summed E-state index contributed by atoms with van der Waals surface area (Å²) in [5.41, 5.74) is 0. The minimum atomic E-state index is -0.209. The number of amides is 2. The summed E-state index contributed by atoms with van der Waals surface area (Å²) in [7, 11) is 0. The van der Waals surface area contributed by atoms with E-state index >= 15 is 0 Å². The summed E-state index contributed by atoms with van der Waals surface area (Å²) in [6.07, 6.45) is 2.96. The standard InChI is InChI=1S/C11H18N2O3S/c14-9-3-1-8(2-4-9)12-10(15)5-13-7-17-6-11(13)16/h8-9,14H,1-7H2,(H,12,15). The third kappa shape index (κ3) is 3.61. The number of hydrogen-bond donors (Lipinski definition) is 2. The van der Waals surface area contributed by atoms with Gasteiger partial charge in [0.05, 0.1) is 17.7 Å². The molecule has 2 amide bonds. The van der Waals surface area contributed by atoms with Crippen LogP contribution in [0.15, 0.2) is 0 Å². The van der Waals surface area contributed by atoms with Gasteiger partial charge in [0.2, 0.25) is 11.8 Å². The Morgan fingerprint density at radius 3 is 2.71 bits per heavy atom. The van der Waals surface area contributed by atoms with Gasteiger partial charge in [0.25, 0.3) is 0 Å². The maximum absolute atomic E-state index is 11.7. The predicted molar refractivity (Wildman–Crippen MR) is 65.4 cm³/mol. The van der Waals surface area contributed by atoms with Crippen LogP contribution in [0.2, 0.25) is 0 Å². The first-order chi connectivity index (χ1) is 8.15. The maximum atomic E-state index is 11.7. The summed E-state index contributed by atoms with van der Waals surface area (Å²) in [6.45, 7) is 0.172. The van der Waals surface area contributed by atoms with Gasteiger partial charge in [-0.15, -0.1) is 11.8 Å². The van der Waals surface area contributed by atoms with Crippen LogP contribution in [0.5, 0.6) is 0 Å². The normalized spacial score (nSPS) is 29.5. The molecule has 2 fully saturated rings. The van der Waals surface area contributed by atoms with E-state index in [0.717, 1.165) is 25.7 Å². The quantitative estimate of drug-likeness (QED) is 0.744. The van der Waals surface area contributed by atoms with E-state index in [0.29, 0.717) is 11.6 Å². The molecule has 1 aliphatic carbocycles. The lowest BCUT2D eigenvalue weighted by Crippen LogP contribution is -2.44. The highest BCUT2D eigenvalue weighted by atomic mass is 32.2. The summed E-state index contributed by atoms with van der Waals surface area (Å²) >= 11 is 1.54. The molecule has 0 radical (unpaired) electrons. The van der Waals surface area contributed by atoms with Gasteiger partial charge in [-0.3, -0.25) is 9.59 Å². The number of thioether (sulfide) groups is 1. The smallest absolute Gasteiger partial charge is 0.239 e. The third-order valence-corrected chi connectivity index (χ3v) is 4.17. The Morgan fingerprint density at radius 1 is 1.41 bits per heavy atom. The van der Waals surface area contributed by atoms with Crippen LogP contribution in [0.1, 0.15) is 25.7 Å². The van der Waals surface area contributed by atoms with Gasteiger partial charge in [0.15, 0.2) is 0 Å². The summed E-state index contributed by atoms with van der Waals surface area (Å²) in [6, 6.07) is 0.163. The van der Waals surface area contributed by atoms with Crippen LogP contribution in [0.3, 0.4) is 0 Å². The molecule has 1 saturated carbocycles. The molecule has 0 spiro atoms. The van der Waals surface area contributed by atoms with Gasteiger partial charge in [-0.05, 0) is 25.7 Å². The summed E-state index contributed by atoms with van der Waals surface area (Å²) in [5, 5.41) is 12.3. The molecule has 96 valence electrons. The molecular formula is C11H18N2O3S. The van der Waals surface area contributed by atoms with Crippen LogP contribution in [0.4, 0.5) is 0 Å². The van der Waals surface area contributed by atoms with Crippen LogP contribution in [-0.2, 0) is 9.59 Å². The zero-order valence-electron chi connectivity index (χ0n) is 9.72. The highest BCUT2D eigenvalue weighted by molar-refractivity contribution is 8.00. The second kappa shape index (κ2) is 5.73. The molecular weight excluding hydrogens is 240 g/mol. The van der Waals surface area contributed by atoms with E-state index < -0.39 is 0 Å². The highest BCUT2D eigenvalue weighted by Gasteiger charge is 2.25. The van der Waals surface area contributed by atoms with Crippen molar-refractivity contribution >= 4 is 23.6 Å². The molecule has 2 N–H and O–H groups in total. The molecule has 0 bridgehead atoms. The van der Waals surface area contributed by atoms with E-state index in [2.05, 4.69) is 5.32 Å². The van der Waals surface area contributed by atoms with Gasteiger partial charge in [0.1, 0.15) is 6.54 Å². The van der Waals surface area contributed by atoms with E-state index in [9.17, 15) is 14.7 Å². The summed E-state index contributed by atoms with van der Waals surface area (Å²) in [4.78, 5) is 24.6. The summed E-state index contributed by atoms with van der Waals surface area (Å²) in [5.74, 6) is 1.07. The Morgan fingerprint density at radius 2 is 2.12 bits per heavy atom. The van der Waals surface area contributed by atoms with Crippen molar-refractivity contribution in [2.75, 3.05) is 18.2 Å². The Kier molecular flexibility index (Phi) is 4.28. The monoisotopic (exact) mass is 258 g/mol. The number of rotatable bonds is 3. The summed E-state index contributed by atoms with van der Waals surface area (Å²) < 4.78 is 0. The number of nitrogens with one attached hydrogen (secondary N) is 1. The molecule has 0 unspecified atom stereocenters. The van der Waals surface area contributed by atoms with Crippen molar-refractivity contribution in [1.82, 2.24) is 10.2 Å². The van der Waals surface area contributed by atoms with E-state index in [1.165, 1.54) is 0 Å². The Hall–Kier alpha value is -0.750. The highest BCUT2D eigenvalue weighted by Crippen LogP contribution is 2.18. The predicted octanol–water partition coefficient (Wildman–Crippen LogP) is -0.0610. The van der Waals surface area contributed by atoms with Gasteiger partial charge in [0, 0.05) is 6.04 Å². The molecule has 6 heteroatoms. The van der Waals surface area contributed by atoms with Crippen molar-refractivity contribution in [2.45, 2.75) is 37.8 Å². The van der Waals surface area contributed by atoms with E-state index in [1.807, 2.05) is 0 Å². The number of carbonyl (C=O) groups excluding carboxylic acids is 2.